The first-order valence-electron chi connectivity index (χ1n) is 15.8. The number of nitrogens with two attached hydrogens (primary N) is 1. The first-order chi connectivity index (χ1) is 22.7. The van der Waals surface area contributed by atoms with Crippen LogP contribution in [-0.2, 0) is 46.4 Å². The molecule has 5 atom stereocenters. The molecule has 1 heterocycles. The van der Waals surface area contributed by atoms with Gasteiger partial charge in [-0.15, -0.1) is 0 Å². The second-order valence-electron chi connectivity index (χ2n) is 12.3. The summed E-state index contributed by atoms with van der Waals surface area (Å²) in [5.74, 6) is -5.20. The molecule has 0 unspecified atom stereocenters. The summed E-state index contributed by atoms with van der Waals surface area (Å²) in [5.41, 5.74) is 6.69. The van der Waals surface area contributed by atoms with Gasteiger partial charge in [0, 0.05) is 26.3 Å². The first-order valence-corrected chi connectivity index (χ1v) is 15.8. The number of carbonyl (C=O) groups excluding carboxylic acids is 6. The Morgan fingerprint density at radius 2 is 1.27 bits per heavy atom. The molecule has 14 nitrogen and oxygen atoms in total. The number of rotatable bonds is 17. The number of carbonyl (C=O) groups is 7. The van der Waals surface area contributed by atoms with Gasteiger partial charge in [0.2, 0.25) is 35.4 Å². The molecule has 48 heavy (non-hydrogen) atoms. The number of nitrogens with one attached hydrogen (secondary N) is 4. The van der Waals surface area contributed by atoms with Gasteiger partial charge < -0.3 is 37.0 Å². The van der Waals surface area contributed by atoms with E-state index in [0.29, 0.717) is 30.5 Å². The molecule has 258 valence electrons. The van der Waals surface area contributed by atoms with E-state index in [-0.39, 0.29) is 30.6 Å². The fourth-order valence-corrected chi connectivity index (χ4v) is 5.39. The predicted octanol–water partition coefficient (Wildman–Crippen LogP) is 0.0379. The Bertz CT molecular complexity index is 1470. The van der Waals surface area contributed by atoms with E-state index in [2.05, 4.69) is 21.3 Å². The Hall–Kier alpha value is -5.27. The largest absolute Gasteiger partial charge is 0.481 e. The number of carboxylic acids is 1. The maximum atomic E-state index is 13.9. The van der Waals surface area contributed by atoms with Gasteiger partial charge in [0.05, 0.1) is 6.42 Å². The van der Waals surface area contributed by atoms with Gasteiger partial charge in [-0.05, 0) is 29.9 Å². The van der Waals surface area contributed by atoms with Crippen LogP contribution in [0.15, 0.2) is 60.7 Å². The molecular weight excluding hydrogens is 620 g/mol. The van der Waals surface area contributed by atoms with Crippen molar-refractivity contribution in [3.8, 4) is 0 Å². The summed E-state index contributed by atoms with van der Waals surface area (Å²) < 4.78 is 0. The third-order valence-corrected chi connectivity index (χ3v) is 7.86. The highest BCUT2D eigenvalue weighted by Gasteiger charge is 2.42. The van der Waals surface area contributed by atoms with Crippen LogP contribution < -0.4 is 27.0 Å². The third kappa shape index (κ3) is 11.2. The summed E-state index contributed by atoms with van der Waals surface area (Å²) in [6.45, 7) is 5.46. The van der Waals surface area contributed by atoms with E-state index in [4.69, 9.17) is 5.73 Å². The van der Waals surface area contributed by atoms with E-state index in [0.717, 1.165) is 0 Å². The molecule has 0 aliphatic carbocycles. The highest BCUT2D eigenvalue weighted by atomic mass is 16.4. The lowest BCUT2D eigenvalue weighted by Gasteiger charge is -2.42. The monoisotopic (exact) mass is 664 g/mol. The molecule has 0 spiro atoms. The molecule has 1 aliphatic rings. The van der Waals surface area contributed by atoms with Gasteiger partial charge in [0.1, 0.15) is 30.2 Å². The minimum atomic E-state index is -1.52. The van der Waals surface area contributed by atoms with E-state index in [1.165, 1.54) is 11.8 Å². The molecule has 6 amide bonds. The lowest BCUT2D eigenvalue weighted by molar-refractivity contribution is -0.150. The molecular formula is C34H44N6O8. The van der Waals surface area contributed by atoms with Crippen LogP contribution in [-0.4, -0.2) is 88.2 Å². The van der Waals surface area contributed by atoms with Crippen molar-refractivity contribution in [3.63, 3.8) is 0 Å². The van der Waals surface area contributed by atoms with Crippen molar-refractivity contribution in [2.75, 3.05) is 6.54 Å². The number of nitrogens with zero attached hydrogens (tertiary/aromatic N) is 1. The molecule has 7 N–H and O–H groups in total. The van der Waals surface area contributed by atoms with Gasteiger partial charge in [-0.3, -0.25) is 33.6 Å². The Balaban J connectivity index is 1.84. The second-order valence-corrected chi connectivity index (χ2v) is 12.3. The number of benzene rings is 2. The highest BCUT2D eigenvalue weighted by Crippen LogP contribution is 2.21. The Kier molecular flexibility index (Phi) is 13.6. The maximum Gasteiger partial charge on any atom is 0.305 e. The molecule has 2 aromatic carbocycles. The number of hydrogen-bond donors (Lipinski definition) is 6. The number of hydrogen-bond acceptors (Lipinski definition) is 7. The summed E-state index contributed by atoms with van der Waals surface area (Å²) in [6.07, 6.45) is 0.00716. The summed E-state index contributed by atoms with van der Waals surface area (Å²) in [6, 6.07) is 11.9. The van der Waals surface area contributed by atoms with Crippen LogP contribution in [0.2, 0.25) is 0 Å². The minimum Gasteiger partial charge on any atom is -0.481 e. The van der Waals surface area contributed by atoms with Crippen LogP contribution in [0.5, 0.6) is 0 Å². The van der Waals surface area contributed by atoms with Gasteiger partial charge >= 0.3 is 5.97 Å². The van der Waals surface area contributed by atoms with Gasteiger partial charge in [-0.25, -0.2) is 0 Å². The van der Waals surface area contributed by atoms with E-state index < -0.39 is 66.2 Å². The van der Waals surface area contributed by atoms with Crippen LogP contribution in [0.4, 0.5) is 0 Å². The minimum absolute atomic E-state index is 0.0196. The average Bonchev–Trinajstić information content (AvgIpc) is 2.99. The topological polar surface area (TPSA) is 217 Å². The summed E-state index contributed by atoms with van der Waals surface area (Å²) in [5, 5.41) is 19.6. The van der Waals surface area contributed by atoms with Gasteiger partial charge in [0.25, 0.3) is 0 Å². The van der Waals surface area contributed by atoms with Crippen molar-refractivity contribution in [2.45, 2.75) is 83.1 Å². The highest BCUT2D eigenvalue weighted by molar-refractivity contribution is 5.97. The molecule has 14 heteroatoms. The molecule has 0 saturated carbocycles. The van der Waals surface area contributed by atoms with Crippen molar-refractivity contribution >= 4 is 41.4 Å². The second kappa shape index (κ2) is 17.6. The average molecular weight is 665 g/mol. The van der Waals surface area contributed by atoms with Crippen LogP contribution in [0.1, 0.15) is 51.2 Å². The van der Waals surface area contributed by atoms with Gasteiger partial charge in [-0.2, -0.15) is 0 Å². The van der Waals surface area contributed by atoms with Crippen molar-refractivity contribution in [1.82, 2.24) is 26.2 Å². The Morgan fingerprint density at radius 3 is 1.69 bits per heavy atom. The molecule has 2 aromatic rings. The number of likely N-dealkylation sites (tertiary alicyclic amines) is 1. The zero-order valence-electron chi connectivity index (χ0n) is 27.3. The maximum absolute atomic E-state index is 13.9. The van der Waals surface area contributed by atoms with Crippen molar-refractivity contribution in [3.05, 3.63) is 71.8 Å². The SMILES string of the molecule is CC(=O)N[C@@H](CC(C)C)C(=O)N1CC[C@H]1C(=O)N[C@@H](Cc1ccccc1)C(=O)N[C@@H](Cc1ccccc1)C(=O)N[C@@H](CC(=O)O)C(N)=O. The lowest BCUT2D eigenvalue weighted by atomic mass is 9.96. The Labute approximate surface area is 279 Å². The number of aliphatic carboxylic acids is 1. The van der Waals surface area contributed by atoms with Crippen molar-refractivity contribution < 1.29 is 38.7 Å². The molecule has 1 aliphatic heterocycles. The van der Waals surface area contributed by atoms with Crippen molar-refractivity contribution in [1.29, 1.82) is 0 Å². The smallest absolute Gasteiger partial charge is 0.305 e. The quantitative estimate of drug-likeness (QED) is 0.135. The molecule has 0 radical (unpaired) electrons. The predicted molar refractivity (Wildman–Crippen MR) is 175 cm³/mol. The summed E-state index contributed by atoms with van der Waals surface area (Å²) in [7, 11) is 0. The lowest BCUT2D eigenvalue weighted by Crippen LogP contribution is -2.64. The summed E-state index contributed by atoms with van der Waals surface area (Å²) in [4.78, 5) is 90.5. The zero-order valence-corrected chi connectivity index (χ0v) is 27.3. The standard InChI is InChI=1S/C34H44N6O8/c1-20(2)16-27(36-21(3)41)34(48)40-15-14-28(40)33(47)39-26(18-23-12-8-5-9-13-23)32(46)38-25(17-22-10-6-4-7-11-22)31(45)37-24(30(35)44)19-29(42)43/h4-13,20,24-28H,14-19H2,1-3H3,(H2,35,44)(H,36,41)(H,37,45)(H,38,46)(H,39,47)(H,42,43)/t24-,25-,26-,27-,28-/m0/s1. The normalized spacial score (nSPS) is 16.3. The molecule has 1 saturated heterocycles. The van der Waals surface area contributed by atoms with E-state index in [9.17, 15) is 38.7 Å². The first kappa shape index (κ1) is 37.2. The van der Waals surface area contributed by atoms with E-state index in [1.807, 2.05) is 13.8 Å². The van der Waals surface area contributed by atoms with Crippen molar-refractivity contribution in [2.24, 2.45) is 11.7 Å². The number of amides is 6. The van der Waals surface area contributed by atoms with Crippen LogP contribution in [0.25, 0.3) is 0 Å². The fourth-order valence-electron chi connectivity index (χ4n) is 5.39. The Morgan fingerprint density at radius 1 is 0.771 bits per heavy atom. The zero-order chi connectivity index (χ0) is 35.4. The summed E-state index contributed by atoms with van der Waals surface area (Å²) >= 11 is 0. The van der Waals surface area contributed by atoms with E-state index in [1.54, 1.807) is 60.7 Å². The molecule has 0 bridgehead atoms. The van der Waals surface area contributed by atoms with Crippen LogP contribution >= 0.6 is 0 Å². The molecule has 3 rings (SSSR count). The van der Waals surface area contributed by atoms with Crippen LogP contribution in [0.3, 0.4) is 0 Å². The fraction of sp³-hybridized carbons (Fsp3) is 0.441. The molecule has 0 aromatic heterocycles. The molecule has 1 fully saturated rings. The number of primary amides is 1. The van der Waals surface area contributed by atoms with Gasteiger partial charge in [-0.1, -0.05) is 74.5 Å². The van der Waals surface area contributed by atoms with Gasteiger partial charge in [0.15, 0.2) is 0 Å². The van der Waals surface area contributed by atoms with Crippen LogP contribution in [0, 0.1) is 5.92 Å². The third-order valence-electron chi connectivity index (χ3n) is 7.86. The van der Waals surface area contributed by atoms with E-state index >= 15 is 0 Å². The number of carboxylic acid groups (broad SMARTS) is 1.